The number of aromatic nitrogens is 1. The summed E-state index contributed by atoms with van der Waals surface area (Å²) >= 11 is 7.82. The molecule has 0 aliphatic carbocycles. The van der Waals surface area contributed by atoms with Crippen LogP contribution < -0.4 is 24.6 Å². The fourth-order valence-corrected chi connectivity index (χ4v) is 8.58. The number of hydrogen-bond acceptors (Lipinski definition) is 8. The molecule has 2 aliphatic rings. The lowest BCUT2D eigenvalue weighted by atomic mass is 9.83. The van der Waals surface area contributed by atoms with Gasteiger partial charge in [-0.3, -0.25) is 23.7 Å². The molecule has 0 saturated carbocycles. The average Bonchev–Trinajstić information content (AvgIpc) is 3.47. The highest BCUT2D eigenvalue weighted by atomic mass is 35.5. The van der Waals surface area contributed by atoms with Crippen molar-refractivity contribution in [1.29, 1.82) is 0 Å². The molecule has 6 rings (SSSR count). The van der Waals surface area contributed by atoms with E-state index in [-0.39, 0.29) is 5.03 Å². The van der Waals surface area contributed by atoms with Crippen molar-refractivity contribution in [1.82, 2.24) is 4.57 Å². The second kappa shape index (κ2) is 12.2. The van der Waals surface area contributed by atoms with Crippen LogP contribution in [0, 0.1) is 5.92 Å². The maximum atomic E-state index is 14.1. The number of anilines is 2. The molecule has 0 spiro atoms. The van der Waals surface area contributed by atoms with Gasteiger partial charge in [0.25, 0.3) is 0 Å². The van der Waals surface area contributed by atoms with Gasteiger partial charge >= 0.3 is 11.0 Å². The van der Waals surface area contributed by atoms with Crippen LogP contribution in [-0.2, 0) is 27.1 Å². The molecule has 4 aromatic rings. The maximum Gasteiger partial charge on any atom is 0.418 e. The third kappa shape index (κ3) is 5.54. The second-order valence-electron chi connectivity index (χ2n) is 10.4. The Morgan fingerprint density at radius 2 is 1.65 bits per heavy atom. The molecule has 3 heterocycles. The molecule has 9 nitrogen and oxygen atoms in total. The van der Waals surface area contributed by atoms with Gasteiger partial charge in [-0.25, -0.2) is 4.90 Å². The smallest absolute Gasteiger partial charge is 0.418 e. The van der Waals surface area contributed by atoms with E-state index < -0.39 is 63.7 Å². The summed E-state index contributed by atoms with van der Waals surface area (Å²) in [6, 6.07) is 15.8. The zero-order valence-electron chi connectivity index (χ0n) is 24.0. The number of alkyl halides is 3. The number of carbonyl (C=O) groups excluding carboxylic acids is 3. The van der Waals surface area contributed by atoms with E-state index in [1.165, 1.54) is 26.4 Å². The Morgan fingerprint density at radius 1 is 0.957 bits per heavy atom. The van der Waals surface area contributed by atoms with Gasteiger partial charge in [0, 0.05) is 15.8 Å². The van der Waals surface area contributed by atoms with Crippen molar-refractivity contribution in [2.75, 3.05) is 24.4 Å². The quantitative estimate of drug-likeness (QED) is 0.236. The molecule has 1 N–H and O–H groups in total. The Kier molecular flexibility index (Phi) is 8.38. The van der Waals surface area contributed by atoms with Crippen LogP contribution in [0.15, 0.2) is 76.6 Å². The van der Waals surface area contributed by atoms with Crippen molar-refractivity contribution in [2.24, 2.45) is 5.92 Å². The van der Waals surface area contributed by atoms with E-state index in [9.17, 15) is 32.3 Å². The van der Waals surface area contributed by atoms with Crippen molar-refractivity contribution < 1.29 is 37.0 Å². The third-order valence-corrected chi connectivity index (χ3v) is 10.6. The van der Waals surface area contributed by atoms with Gasteiger partial charge in [0.15, 0.2) is 11.5 Å². The normalized spacial score (nSPS) is 19.1. The largest absolute Gasteiger partial charge is 0.493 e. The van der Waals surface area contributed by atoms with E-state index in [0.717, 1.165) is 44.7 Å². The number of hydrogen-bond donors (Lipinski definition) is 1. The van der Waals surface area contributed by atoms with E-state index >= 15 is 0 Å². The van der Waals surface area contributed by atoms with Gasteiger partial charge in [-0.15, -0.1) is 0 Å². The molecule has 3 amide bonds. The number of amides is 3. The van der Waals surface area contributed by atoms with E-state index in [0.29, 0.717) is 32.6 Å². The van der Waals surface area contributed by atoms with Gasteiger partial charge in [-0.05, 0) is 54.1 Å². The lowest BCUT2D eigenvalue weighted by molar-refractivity contribution is -0.137. The van der Waals surface area contributed by atoms with E-state index in [4.69, 9.17) is 21.1 Å². The summed E-state index contributed by atoms with van der Waals surface area (Å²) in [6.45, 7) is -0.622. The topological polar surface area (TPSA) is 107 Å². The second-order valence-corrected chi connectivity index (χ2v) is 12.9. The van der Waals surface area contributed by atoms with Crippen molar-refractivity contribution in [3.05, 3.63) is 97.4 Å². The number of carbonyl (C=O) groups is 3. The lowest BCUT2D eigenvalue weighted by Gasteiger charge is -2.31. The number of nitrogens with one attached hydrogen (secondary N) is 1. The molecule has 46 heavy (non-hydrogen) atoms. The number of halogens is 4. The highest BCUT2D eigenvalue weighted by Gasteiger charge is 2.57. The van der Waals surface area contributed by atoms with Gasteiger partial charge in [0.05, 0.1) is 42.1 Å². The number of fused-ring (bicyclic) bond motifs is 2. The molecule has 3 aromatic carbocycles. The Morgan fingerprint density at radius 3 is 2.33 bits per heavy atom. The van der Waals surface area contributed by atoms with Crippen LogP contribution in [0.4, 0.5) is 24.5 Å². The first-order valence-electron chi connectivity index (χ1n) is 13.6. The summed E-state index contributed by atoms with van der Waals surface area (Å²) in [5, 5.41) is 1.97. The zero-order chi connectivity index (χ0) is 32.9. The Balaban J connectivity index is 1.43. The fraction of sp³-hybridized carbons (Fsp3) is 0.226. The zero-order valence-corrected chi connectivity index (χ0v) is 26.4. The summed E-state index contributed by atoms with van der Waals surface area (Å²) in [6.07, 6.45) is -4.72. The average molecular weight is 690 g/mol. The highest BCUT2D eigenvalue weighted by Crippen LogP contribution is 2.54. The molecule has 2 unspecified atom stereocenters. The van der Waals surface area contributed by atoms with E-state index in [1.54, 1.807) is 42.5 Å². The number of benzene rings is 3. The summed E-state index contributed by atoms with van der Waals surface area (Å²) < 4.78 is 52.6. The first-order chi connectivity index (χ1) is 21.9. The maximum absolute atomic E-state index is 14.1. The minimum Gasteiger partial charge on any atom is -0.493 e. The molecular formula is C31H23ClF3N3O6S2. The van der Waals surface area contributed by atoms with Crippen LogP contribution in [0.25, 0.3) is 0 Å². The van der Waals surface area contributed by atoms with Crippen LogP contribution >= 0.6 is 34.7 Å². The number of methoxy groups -OCH3 is 2. The Hall–Kier alpha value is -4.27. The molecule has 2 aliphatic heterocycles. The molecule has 0 bridgehead atoms. The lowest BCUT2D eigenvalue weighted by Crippen LogP contribution is -2.33. The highest BCUT2D eigenvalue weighted by molar-refractivity contribution is 8.00. The van der Waals surface area contributed by atoms with Crippen molar-refractivity contribution in [3.8, 4) is 11.5 Å². The molecule has 0 radical (unpaired) electrons. The number of imide groups is 1. The number of para-hydroxylation sites is 1. The summed E-state index contributed by atoms with van der Waals surface area (Å²) in [5.74, 6) is -2.83. The molecule has 1 aromatic heterocycles. The fourth-order valence-electron chi connectivity index (χ4n) is 5.68. The molecule has 1 fully saturated rings. The van der Waals surface area contributed by atoms with Crippen LogP contribution in [0.3, 0.4) is 0 Å². The monoisotopic (exact) mass is 689 g/mol. The molecule has 238 valence electrons. The third-order valence-electron chi connectivity index (χ3n) is 7.71. The summed E-state index contributed by atoms with van der Waals surface area (Å²) in [5.41, 5.74) is -0.608. The van der Waals surface area contributed by atoms with Crippen LogP contribution in [0.5, 0.6) is 11.5 Å². The van der Waals surface area contributed by atoms with Crippen LogP contribution in [0.2, 0.25) is 5.02 Å². The first kappa shape index (κ1) is 31.7. The number of rotatable bonds is 7. The van der Waals surface area contributed by atoms with Crippen LogP contribution in [-0.4, -0.2) is 41.8 Å². The minimum absolute atomic E-state index is 0.273. The SMILES string of the molecule is COc1ccc([C@H]2c3sc(=O)n(CC(=O)Nc4ccccc4C(F)(F)F)c3SC3C(=O)N(c4ccc(Cl)cc4)C(=O)C32)cc1OC. The van der Waals surface area contributed by atoms with Crippen molar-refractivity contribution >= 4 is 63.8 Å². The Labute approximate surface area is 272 Å². The van der Waals surface area contributed by atoms with Crippen molar-refractivity contribution in [2.45, 2.75) is 28.9 Å². The van der Waals surface area contributed by atoms with Gasteiger partial charge in [0.2, 0.25) is 17.7 Å². The number of thiazole rings is 1. The van der Waals surface area contributed by atoms with E-state index in [2.05, 4.69) is 5.32 Å². The molecular weight excluding hydrogens is 667 g/mol. The van der Waals surface area contributed by atoms with Crippen LogP contribution in [0.1, 0.15) is 21.9 Å². The predicted octanol–water partition coefficient (Wildman–Crippen LogP) is 6.03. The summed E-state index contributed by atoms with van der Waals surface area (Å²) in [4.78, 5) is 55.4. The predicted molar refractivity (Wildman–Crippen MR) is 167 cm³/mol. The molecule has 15 heteroatoms. The first-order valence-corrected chi connectivity index (χ1v) is 15.7. The number of thioether (sulfide) groups is 1. The van der Waals surface area contributed by atoms with Gasteiger partial charge in [-0.1, -0.05) is 52.9 Å². The number of nitrogens with zero attached hydrogens (tertiary/aromatic N) is 2. The standard InChI is InChI=1S/C31H23ClF3N3O6S2/c1-43-20-12-7-15(13-21(20)44-2)23-24-25(28(41)38(27(24)40)17-10-8-16(32)9-11-17)45-29-26(23)46-30(42)37(29)14-22(39)36-19-6-4-3-5-18(19)31(33,34)35/h3-13,23-25H,14H2,1-2H3,(H,36,39)/t23-,24?,25?/m1/s1. The molecule has 1 saturated heterocycles. The van der Waals surface area contributed by atoms with Gasteiger partial charge < -0.3 is 14.8 Å². The minimum atomic E-state index is -4.72. The van der Waals surface area contributed by atoms with Gasteiger partial charge in [0.1, 0.15) is 11.8 Å². The molecule has 3 atom stereocenters. The Bertz CT molecular complexity index is 1930. The van der Waals surface area contributed by atoms with Crippen molar-refractivity contribution in [3.63, 3.8) is 0 Å². The van der Waals surface area contributed by atoms with Gasteiger partial charge in [-0.2, -0.15) is 13.2 Å². The number of ether oxygens (including phenoxy) is 2. The summed E-state index contributed by atoms with van der Waals surface area (Å²) in [7, 11) is 2.92. The van der Waals surface area contributed by atoms with E-state index in [1.807, 2.05) is 0 Å².